The van der Waals surface area contributed by atoms with Crippen LogP contribution in [0.4, 0.5) is 0 Å². The zero-order valence-electron chi connectivity index (χ0n) is 11.5. The summed E-state index contributed by atoms with van der Waals surface area (Å²) in [6, 6.07) is 6.34. The Morgan fingerprint density at radius 1 is 1.24 bits per heavy atom. The van der Waals surface area contributed by atoms with Crippen LogP contribution < -0.4 is 10.1 Å². The minimum Gasteiger partial charge on any atom is -0.490 e. The molecule has 2 nitrogen and oxygen atoms in total. The monoisotopic (exact) mass is 235 g/mol. The second-order valence-corrected chi connectivity index (χ2v) is 4.74. The van der Waals surface area contributed by atoms with Crippen molar-refractivity contribution in [2.75, 3.05) is 13.1 Å². The smallest absolute Gasteiger partial charge is 0.122 e. The minimum absolute atomic E-state index is 0.265. The van der Waals surface area contributed by atoms with Gasteiger partial charge in [-0.3, -0.25) is 0 Å². The van der Waals surface area contributed by atoms with Crippen molar-refractivity contribution in [3.8, 4) is 5.75 Å². The molecule has 1 atom stereocenters. The van der Waals surface area contributed by atoms with Gasteiger partial charge in [0.25, 0.3) is 0 Å². The second-order valence-electron chi connectivity index (χ2n) is 4.74. The summed E-state index contributed by atoms with van der Waals surface area (Å²) in [6.07, 6.45) is 2.50. The highest BCUT2D eigenvalue weighted by Crippen LogP contribution is 2.20. The molecule has 2 heteroatoms. The summed E-state index contributed by atoms with van der Waals surface area (Å²) in [4.78, 5) is 0. The minimum atomic E-state index is 0.265. The molecule has 0 aliphatic heterocycles. The summed E-state index contributed by atoms with van der Waals surface area (Å²) in [5.41, 5.74) is 2.51. The van der Waals surface area contributed by atoms with E-state index >= 15 is 0 Å². The predicted octanol–water partition coefficient (Wildman–Crippen LogP) is 3.46. The van der Waals surface area contributed by atoms with Crippen LogP contribution in [-0.4, -0.2) is 19.2 Å². The molecular weight excluding hydrogens is 210 g/mol. The van der Waals surface area contributed by atoms with E-state index < -0.39 is 0 Å². The average Bonchev–Trinajstić information content (AvgIpc) is 2.28. The molecule has 0 fully saturated rings. The molecular formula is C15H25NO. The molecule has 1 rings (SSSR count). The summed E-state index contributed by atoms with van der Waals surface area (Å²) < 4.78 is 5.94. The van der Waals surface area contributed by atoms with Crippen LogP contribution in [-0.2, 0) is 0 Å². The Labute approximate surface area is 105 Å². The Balaban J connectivity index is 2.37. The number of hydrogen-bond donors (Lipinski definition) is 1. The molecule has 1 aromatic carbocycles. The standard InChI is InChI=1S/C15H25NO/c1-5-9-16-10-8-14(4)17-15-7-6-12(2)11-13(15)3/h6-7,11,14,16H,5,8-10H2,1-4H3. The summed E-state index contributed by atoms with van der Waals surface area (Å²) in [5, 5.41) is 3.40. The van der Waals surface area contributed by atoms with E-state index in [4.69, 9.17) is 4.74 Å². The lowest BCUT2D eigenvalue weighted by Gasteiger charge is -2.17. The van der Waals surface area contributed by atoms with E-state index in [1.807, 2.05) is 0 Å². The highest BCUT2D eigenvalue weighted by molar-refractivity contribution is 5.35. The molecule has 0 bridgehead atoms. The van der Waals surface area contributed by atoms with Gasteiger partial charge in [0.2, 0.25) is 0 Å². The quantitative estimate of drug-likeness (QED) is 0.731. The molecule has 0 radical (unpaired) electrons. The van der Waals surface area contributed by atoms with E-state index in [1.165, 1.54) is 17.5 Å². The van der Waals surface area contributed by atoms with Crippen LogP contribution in [0.2, 0.25) is 0 Å². The van der Waals surface area contributed by atoms with Gasteiger partial charge in [0, 0.05) is 0 Å². The molecule has 96 valence electrons. The van der Waals surface area contributed by atoms with Gasteiger partial charge in [-0.15, -0.1) is 0 Å². The fourth-order valence-electron chi connectivity index (χ4n) is 1.81. The van der Waals surface area contributed by atoms with E-state index in [2.05, 4.69) is 51.2 Å². The molecule has 1 N–H and O–H groups in total. The maximum Gasteiger partial charge on any atom is 0.122 e. The van der Waals surface area contributed by atoms with Crippen LogP contribution in [0.5, 0.6) is 5.75 Å². The third-order valence-corrected chi connectivity index (χ3v) is 2.81. The fraction of sp³-hybridized carbons (Fsp3) is 0.600. The van der Waals surface area contributed by atoms with Gasteiger partial charge in [-0.1, -0.05) is 24.6 Å². The van der Waals surface area contributed by atoms with Crippen molar-refractivity contribution < 1.29 is 4.74 Å². The van der Waals surface area contributed by atoms with Crippen LogP contribution in [0.1, 0.15) is 37.8 Å². The summed E-state index contributed by atoms with van der Waals surface area (Å²) in [6.45, 7) is 10.6. The van der Waals surface area contributed by atoms with Crippen LogP contribution in [0.3, 0.4) is 0 Å². The first-order chi connectivity index (χ1) is 8.13. The van der Waals surface area contributed by atoms with E-state index in [9.17, 15) is 0 Å². The molecule has 0 saturated heterocycles. The summed E-state index contributed by atoms with van der Waals surface area (Å²) >= 11 is 0. The Hall–Kier alpha value is -1.02. The Morgan fingerprint density at radius 2 is 2.00 bits per heavy atom. The van der Waals surface area contributed by atoms with Gasteiger partial charge in [0.05, 0.1) is 6.10 Å². The van der Waals surface area contributed by atoms with Gasteiger partial charge in [-0.05, 0) is 58.3 Å². The number of rotatable bonds is 7. The van der Waals surface area contributed by atoms with Crippen molar-refractivity contribution in [1.82, 2.24) is 5.32 Å². The van der Waals surface area contributed by atoms with Crippen molar-refractivity contribution in [2.24, 2.45) is 0 Å². The van der Waals surface area contributed by atoms with Gasteiger partial charge in [0.1, 0.15) is 5.75 Å². The lowest BCUT2D eigenvalue weighted by molar-refractivity contribution is 0.208. The first-order valence-corrected chi connectivity index (χ1v) is 6.58. The van der Waals surface area contributed by atoms with Crippen molar-refractivity contribution >= 4 is 0 Å². The molecule has 1 aromatic rings. The third-order valence-electron chi connectivity index (χ3n) is 2.81. The number of ether oxygens (including phenoxy) is 1. The lowest BCUT2D eigenvalue weighted by Crippen LogP contribution is -2.23. The lowest BCUT2D eigenvalue weighted by atomic mass is 10.1. The average molecular weight is 235 g/mol. The number of hydrogen-bond acceptors (Lipinski definition) is 2. The Kier molecular flexibility index (Phi) is 6.06. The normalized spacial score (nSPS) is 12.5. The van der Waals surface area contributed by atoms with Crippen LogP contribution in [0, 0.1) is 13.8 Å². The van der Waals surface area contributed by atoms with E-state index in [-0.39, 0.29) is 6.10 Å². The third kappa shape index (κ3) is 5.22. The van der Waals surface area contributed by atoms with Gasteiger partial charge in [-0.2, -0.15) is 0 Å². The van der Waals surface area contributed by atoms with Crippen molar-refractivity contribution in [3.05, 3.63) is 29.3 Å². The summed E-state index contributed by atoms with van der Waals surface area (Å²) in [7, 11) is 0. The van der Waals surface area contributed by atoms with Gasteiger partial charge >= 0.3 is 0 Å². The van der Waals surface area contributed by atoms with Crippen LogP contribution in [0.15, 0.2) is 18.2 Å². The van der Waals surface area contributed by atoms with E-state index in [0.717, 1.165) is 25.3 Å². The molecule has 0 spiro atoms. The molecule has 0 amide bonds. The molecule has 0 aromatic heterocycles. The molecule has 1 unspecified atom stereocenters. The van der Waals surface area contributed by atoms with Gasteiger partial charge < -0.3 is 10.1 Å². The zero-order valence-corrected chi connectivity index (χ0v) is 11.5. The first kappa shape index (κ1) is 14.0. The van der Waals surface area contributed by atoms with Crippen molar-refractivity contribution in [1.29, 1.82) is 0 Å². The number of benzene rings is 1. The number of aryl methyl sites for hydroxylation is 2. The highest BCUT2D eigenvalue weighted by Gasteiger charge is 2.05. The fourth-order valence-corrected chi connectivity index (χ4v) is 1.81. The largest absolute Gasteiger partial charge is 0.490 e. The number of nitrogens with one attached hydrogen (secondary N) is 1. The highest BCUT2D eigenvalue weighted by atomic mass is 16.5. The van der Waals surface area contributed by atoms with Gasteiger partial charge in [0.15, 0.2) is 0 Å². The topological polar surface area (TPSA) is 21.3 Å². The Bertz CT molecular complexity index is 336. The molecule has 0 heterocycles. The zero-order chi connectivity index (χ0) is 12.7. The summed E-state index contributed by atoms with van der Waals surface area (Å²) in [5.74, 6) is 1.01. The van der Waals surface area contributed by atoms with Gasteiger partial charge in [-0.25, -0.2) is 0 Å². The first-order valence-electron chi connectivity index (χ1n) is 6.58. The Morgan fingerprint density at radius 3 is 2.65 bits per heavy atom. The molecule has 0 aliphatic rings. The maximum absolute atomic E-state index is 5.94. The maximum atomic E-state index is 5.94. The van der Waals surface area contributed by atoms with E-state index in [0.29, 0.717) is 0 Å². The molecule has 0 aliphatic carbocycles. The van der Waals surface area contributed by atoms with E-state index in [1.54, 1.807) is 0 Å². The molecule has 0 saturated carbocycles. The molecule has 17 heavy (non-hydrogen) atoms. The van der Waals surface area contributed by atoms with Crippen molar-refractivity contribution in [3.63, 3.8) is 0 Å². The SMILES string of the molecule is CCCNCCC(C)Oc1ccc(C)cc1C. The predicted molar refractivity (Wildman–Crippen MR) is 73.8 cm³/mol. The second kappa shape index (κ2) is 7.33. The van der Waals surface area contributed by atoms with Crippen LogP contribution >= 0.6 is 0 Å². The van der Waals surface area contributed by atoms with Crippen molar-refractivity contribution in [2.45, 2.75) is 46.6 Å². The van der Waals surface area contributed by atoms with Crippen LogP contribution in [0.25, 0.3) is 0 Å².